The van der Waals surface area contributed by atoms with Crippen LogP contribution in [0, 0.1) is 13.8 Å². The third kappa shape index (κ3) is 8.48. The lowest BCUT2D eigenvalue weighted by molar-refractivity contribution is 0.470. The highest BCUT2D eigenvalue weighted by atomic mass is 79.9. The summed E-state index contributed by atoms with van der Waals surface area (Å²) in [6, 6.07) is 16.6. The average Bonchev–Trinajstić information content (AvgIpc) is 2.90. The Morgan fingerprint density at radius 1 is 0.865 bits per heavy atom. The number of aryl methyl sites for hydroxylation is 1. The van der Waals surface area contributed by atoms with Gasteiger partial charge in [0.2, 0.25) is 0 Å². The number of nitrogens with zero attached hydrogens (tertiary/aromatic N) is 4. The summed E-state index contributed by atoms with van der Waals surface area (Å²) in [6.07, 6.45) is 6.62. The Kier molecular flexibility index (Phi) is 10.8. The zero-order valence-corrected chi connectivity index (χ0v) is 24.8. The molecule has 37 heavy (non-hydrogen) atoms. The van der Waals surface area contributed by atoms with Gasteiger partial charge in [0, 0.05) is 38.7 Å². The van der Waals surface area contributed by atoms with Crippen molar-refractivity contribution in [3.05, 3.63) is 108 Å². The van der Waals surface area contributed by atoms with Crippen LogP contribution in [-0.2, 0) is 6.54 Å². The fourth-order valence-corrected chi connectivity index (χ4v) is 4.45. The van der Waals surface area contributed by atoms with Gasteiger partial charge >= 0.3 is 0 Å². The molecule has 2 aromatic carbocycles. The Morgan fingerprint density at radius 2 is 1.57 bits per heavy atom. The summed E-state index contributed by atoms with van der Waals surface area (Å²) in [5.41, 5.74) is 6.93. The Labute approximate surface area is 240 Å². The van der Waals surface area contributed by atoms with E-state index >= 15 is 0 Å². The van der Waals surface area contributed by atoms with Crippen LogP contribution in [0.15, 0.2) is 90.5 Å². The fraction of sp³-hybridized carbons (Fsp3) is 0.111. The molecule has 2 heterocycles. The zero-order valence-electron chi connectivity index (χ0n) is 20.0. The minimum absolute atomic E-state index is 0.160. The van der Waals surface area contributed by atoms with Gasteiger partial charge in [-0.15, -0.1) is 0 Å². The van der Waals surface area contributed by atoms with Crippen molar-refractivity contribution in [2.75, 3.05) is 5.43 Å². The van der Waals surface area contributed by atoms with Crippen LogP contribution in [0.25, 0.3) is 0 Å². The summed E-state index contributed by atoms with van der Waals surface area (Å²) in [7, 11) is 0. The molecule has 0 amide bonds. The van der Waals surface area contributed by atoms with Crippen LogP contribution < -0.4 is 5.43 Å². The van der Waals surface area contributed by atoms with Crippen molar-refractivity contribution >= 4 is 66.0 Å². The van der Waals surface area contributed by atoms with Gasteiger partial charge in [0.1, 0.15) is 17.3 Å². The van der Waals surface area contributed by atoms with Crippen LogP contribution in [0.2, 0.25) is 0 Å². The van der Waals surface area contributed by atoms with Crippen LogP contribution in [0.4, 0.5) is 5.82 Å². The molecule has 0 saturated heterocycles. The first-order valence-corrected chi connectivity index (χ1v) is 13.4. The number of hydrogen-bond acceptors (Lipinski definition) is 7. The highest BCUT2D eigenvalue weighted by Crippen LogP contribution is 2.35. The molecule has 4 rings (SSSR count). The highest BCUT2D eigenvalue weighted by Gasteiger charge is 2.10. The molecule has 0 unspecified atom stereocenters. The first kappa shape index (κ1) is 28.5. The standard InChI is InChI=1S/C14H13BrN2O.C13H11Br2N3O/c1-10-6-14(18)11(7-13(10)15)8-16-9-12-4-2-3-5-17-12;1-8-10(14)6-9(13(19)12(8)15)7-17-18-11-4-2-3-5-16-11/h2-8,18H,9H2,1H3;2-7,19H,1H3,(H,16,18)/b;17-7+. The summed E-state index contributed by atoms with van der Waals surface area (Å²) in [5, 5.41) is 23.8. The predicted octanol–water partition coefficient (Wildman–Crippen LogP) is 7.54. The minimum atomic E-state index is 0.160. The zero-order chi connectivity index (χ0) is 26.8. The van der Waals surface area contributed by atoms with Gasteiger partial charge in [0.25, 0.3) is 0 Å². The summed E-state index contributed by atoms with van der Waals surface area (Å²) in [4.78, 5) is 12.5. The molecule has 7 nitrogen and oxygen atoms in total. The molecule has 0 spiro atoms. The van der Waals surface area contributed by atoms with E-state index in [0.29, 0.717) is 28.0 Å². The van der Waals surface area contributed by atoms with E-state index in [2.05, 4.69) is 73.3 Å². The van der Waals surface area contributed by atoms with Gasteiger partial charge in [-0.2, -0.15) is 5.10 Å². The summed E-state index contributed by atoms with van der Waals surface area (Å²) in [6.45, 7) is 4.34. The Balaban J connectivity index is 0.000000206. The number of pyridine rings is 2. The van der Waals surface area contributed by atoms with Crippen molar-refractivity contribution in [3.8, 4) is 11.5 Å². The predicted molar refractivity (Wildman–Crippen MR) is 160 cm³/mol. The topological polar surface area (TPSA) is 103 Å². The van der Waals surface area contributed by atoms with Crippen molar-refractivity contribution in [2.24, 2.45) is 10.1 Å². The van der Waals surface area contributed by atoms with E-state index in [1.54, 1.807) is 43.0 Å². The number of rotatable bonds is 6. The molecule has 3 N–H and O–H groups in total. The number of hydrogen-bond donors (Lipinski definition) is 3. The van der Waals surface area contributed by atoms with E-state index in [4.69, 9.17) is 0 Å². The van der Waals surface area contributed by atoms with Gasteiger partial charge in [-0.05, 0) is 83.4 Å². The summed E-state index contributed by atoms with van der Waals surface area (Å²) < 4.78 is 2.51. The number of halogens is 3. The van der Waals surface area contributed by atoms with E-state index in [1.165, 1.54) is 0 Å². The van der Waals surface area contributed by atoms with Crippen LogP contribution in [0.3, 0.4) is 0 Å². The molecule has 2 aromatic heterocycles. The molecule has 0 saturated carbocycles. The normalized spacial score (nSPS) is 10.9. The molecular weight excluding hydrogens is 666 g/mol. The van der Waals surface area contributed by atoms with Gasteiger partial charge in [-0.25, -0.2) is 4.98 Å². The van der Waals surface area contributed by atoms with Crippen LogP contribution in [0.1, 0.15) is 27.9 Å². The second kappa shape index (κ2) is 14.0. The van der Waals surface area contributed by atoms with E-state index in [0.717, 1.165) is 25.8 Å². The first-order valence-electron chi connectivity index (χ1n) is 11.0. The number of aromatic nitrogens is 2. The van der Waals surface area contributed by atoms with Crippen molar-refractivity contribution in [1.29, 1.82) is 0 Å². The molecule has 0 aliphatic carbocycles. The number of phenols is 2. The summed E-state index contributed by atoms with van der Waals surface area (Å²) >= 11 is 10.2. The number of aromatic hydroxyl groups is 2. The molecule has 4 aromatic rings. The molecule has 0 radical (unpaired) electrons. The lowest BCUT2D eigenvalue weighted by Gasteiger charge is -2.07. The van der Waals surface area contributed by atoms with Crippen molar-refractivity contribution in [1.82, 2.24) is 9.97 Å². The van der Waals surface area contributed by atoms with Gasteiger partial charge in [-0.3, -0.25) is 15.4 Å². The lowest BCUT2D eigenvalue weighted by Crippen LogP contribution is -1.94. The Morgan fingerprint density at radius 3 is 2.24 bits per heavy atom. The van der Waals surface area contributed by atoms with Crippen molar-refractivity contribution in [3.63, 3.8) is 0 Å². The third-order valence-corrected chi connectivity index (χ3v) is 7.66. The second-order valence-corrected chi connectivity index (χ2v) is 10.3. The van der Waals surface area contributed by atoms with Crippen molar-refractivity contribution in [2.45, 2.75) is 20.4 Å². The van der Waals surface area contributed by atoms with Gasteiger partial charge < -0.3 is 10.2 Å². The van der Waals surface area contributed by atoms with Gasteiger partial charge in [0.15, 0.2) is 0 Å². The average molecular weight is 690 g/mol. The number of anilines is 1. The molecule has 0 bridgehead atoms. The molecule has 0 atom stereocenters. The monoisotopic (exact) mass is 687 g/mol. The molecule has 10 heteroatoms. The number of nitrogens with one attached hydrogen (secondary N) is 1. The second-order valence-electron chi connectivity index (χ2n) is 7.77. The Hall–Kier alpha value is -3.08. The maximum atomic E-state index is 10.00. The van der Waals surface area contributed by atoms with Crippen LogP contribution >= 0.6 is 47.8 Å². The number of phenolic OH excluding ortho intramolecular Hbond substituents is 2. The number of aliphatic imine (C=N–C) groups is 1. The lowest BCUT2D eigenvalue weighted by atomic mass is 10.1. The van der Waals surface area contributed by atoms with E-state index in [-0.39, 0.29) is 11.5 Å². The van der Waals surface area contributed by atoms with Crippen molar-refractivity contribution < 1.29 is 10.2 Å². The number of benzene rings is 2. The SMILES string of the molecule is Cc1c(Br)cc(/C=N/Nc2ccccn2)c(O)c1Br.Cc1cc(O)c(C=NCc2ccccn2)cc1Br. The largest absolute Gasteiger partial charge is 0.507 e. The molecule has 0 aliphatic heterocycles. The van der Waals surface area contributed by atoms with Crippen LogP contribution in [0.5, 0.6) is 11.5 Å². The minimum Gasteiger partial charge on any atom is -0.507 e. The molecule has 190 valence electrons. The smallest absolute Gasteiger partial charge is 0.146 e. The first-order chi connectivity index (χ1) is 17.8. The summed E-state index contributed by atoms with van der Waals surface area (Å²) in [5.74, 6) is 1.04. The van der Waals surface area contributed by atoms with E-state index in [1.807, 2.05) is 50.2 Å². The van der Waals surface area contributed by atoms with Gasteiger partial charge in [0.05, 0.1) is 22.9 Å². The van der Waals surface area contributed by atoms with E-state index in [9.17, 15) is 10.2 Å². The number of hydrazone groups is 1. The quantitative estimate of drug-likeness (QED) is 0.143. The molecule has 0 aliphatic rings. The maximum absolute atomic E-state index is 10.00. The maximum Gasteiger partial charge on any atom is 0.146 e. The molecule has 0 fully saturated rings. The highest BCUT2D eigenvalue weighted by molar-refractivity contribution is 9.11. The third-order valence-electron chi connectivity index (χ3n) is 5.02. The molecular formula is C27H24Br3N5O2. The fourth-order valence-electron chi connectivity index (χ4n) is 2.93. The van der Waals surface area contributed by atoms with E-state index < -0.39 is 0 Å². The van der Waals surface area contributed by atoms with Crippen LogP contribution in [-0.4, -0.2) is 32.6 Å². The Bertz CT molecular complexity index is 1400. The van der Waals surface area contributed by atoms with Gasteiger partial charge in [-0.1, -0.05) is 44.0 Å².